The molecule has 49 heavy (non-hydrogen) atoms. The number of ether oxygens (including phenoxy) is 1. The Balaban J connectivity index is 1.25. The number of para-hydroxylation sites is 3. The maximum atomic E-state index is 6.64. The van der Waals surface area contributed by atoms with Gasteiger partial charge in [0, 0.05) is 28.2 Å². The third-order valence-corrected chi connectivity index (χ3v) is 10.3. The molecule has 2 aliphatic rings. The van der Waals surface area contributed by atoms with Crippen LogP contribution in [-0.4, -0.2) is 0 Å². The van der Waals surface area contributed by atoms with E-state index in [1.165, 1.54) is 55.3 Å². The zero-order valence-electron chi connectivity index (χ0n) is 26.8. The largest absolute Gasteiger partial charge is 0.457 e. The second-order valence-corrected chi connectivity index (χ2v) is 12.9. The van der Waals surface area contributed by atoms with Gasteiger partial charge in [-0.25, -0.2) is 0 Å². The zero-order valence-corrected chi connectivity index (χ0v) is 26.8. The first-order chi connectivity index (χ1) is 24.3. The van der Waals surface area contributed by atoms with Crippen LogP contribution in [0.3, 0.4) is 0 Å². The van der Waals surface area contributed by atoms with E-state index >= 15 is 0 Å². The quantitative estimate of drug-likeness (QED) is 0.193. The van der Waals surface area contributed by atoms with Crippen LogP contribution < -0.4 is 9.64 Å². The van der Waals surface area contributed by atoms with Crippen LogP contribution in [0.15, 0.2) is 188 Å². The Morgan fingerprint density at radius 1 is 0.347 bits per heavy atom. The summed E-state index contributed by atoms with van der Waals surface area (Å²) in [6.45, 7) is 0. The lowest BCUT2D eigenvalue weighted by molar-refractivity contribution is 0.436. The number of hydrogen-bond donors (Lipinski definition) is 0. The predicted molar refractivity (Wildman–Crippen MR) is 201 cm³/mol. The Bertz CT molecular complexity index is 2470. The third-order valence-electron chi connectivity index (χ3n) is 10.3. The van der Waals surface area contributed by atoms with E-state index in [1.807, 2.05) is 0 Å². The average Bonchev–Trinajstić information content (AvgIpc) is 3.44. The molecule has 0 radical (unpaired) electrons. The van der Waals surface area contributed by atoms with Gasteiger partial charge in [0.05, 0.1) is 5.41 Å². The smallest absolute Gasteiger partial charge is 0.132 e. The van der Waals surface area contributed by atoms with Gasteiger partial charge in [-0.3, -0.25) is 0 Å². The van der Waals surface area contributed by atoms with Crippen molar-refractivity contribution in [1.29, 1.82) is 0 Å². The molecule has 0 aromatic heterocycles. The van der Waals surface area contributed by atoms with E-state index in [2.05, 4.69) is 193 Å². The summed E-state index contributed by atoms with van der Waals surface area (Å²) in [6.07, 6.45) is 0. The molecule has 1 aliphatic carbocycles. The van der Waals surface area contributed by atoms with Crippen LogP contribution in [0.1, 0.15) is 22.3 Å². The lowest BCUT2D eigenvalue weighted by Crippen LogP contribution is -2.32. The SMILES string of the molecule is c1ccc(-c2ccc(N(c3ccccc3)c3ccc4c(c3)C3(c5ccccc5Oc5ccccc53)c3cc5ccccc5cc3-4)cc2)cc1. The Kier molecular flexibility index (Phi) is 6.13. The fraction of sp³-hybridized carbons (Fsp3) is 0.0213. The molecule has 8 aromatic carbocycles. The van der Waals surface area contributed by atoms with E-state index in [-0.39, 0.29) is 0 Å². The van der Waals surface area contributed by atoms with E-state index in [9.17, 15) is 0 Å². The van der Waals surface area contributed by atoms with Crippen LogP contribution in [0.4, 0.5) is 17.1 Å². The lowest BCUT2D eigenvalue weighted by atomic mass is 9.66. The Morgan fingerprint density at radius 2 is 0.857 bits per heavy atom. The van der Waals surface area contributed by atoms with Crippen LogP contribution in [0.5, 0.6) is 11.5 Å². The number of benzene rings is 8. The molecule has 10 rings (SSSR count). The van der Waals surface area contributed by atoms with Crippen LogP contribution in [-0.2, 0) is 5.41 Å². The molecule has 0 bridgehead atoms. The van der Waals surface area contributed by atoms with Gasteiger partial charge in [-0.15, -0.1) is 0 Å². The second kappa shape index (κ2) is 10.8. The van der Waals surface area contributed by atoms with Crippen molar-refractivity contribution in [3.05, 3.63) is 210 Å². The first kappa shape index (κ1) is 27.7. The van der Waals surface area contributed by atoms with Gasteiger partial charge in [0.2, 0.25) is 0 Å². The normalized spacial score (nSPS) is 13.2. The molecule has 0 saturated heterocycles. The van der Waals surface area contributed by atoms with E-state index in [0.29, 0.717) is 0 Å². The van der Waals surface area contributed by atoms with Gasteiger partial charge in [0.25, 0.3) is 0 Å². The molecule has 0 saturated carbocycles. The maximum Gasteiger partial charge on any atom is 0.132 e. The van der Waals surface area contributed by atoms with Gasteiger partial charge in [0.1, 0.15) is 11.5 Å². The molecule has 0 atom stereocenters. The molecule has 2 nitrogen and oxygen atoms in total. The van der Waals surface area contributed by atoms with Crippen molar-refractivity contribution in [2.24, 2.45) is 0 Å². The maximum absolute atomic E-state index is 6.64. The van der Waals surface area contributed by atoms with Crippen molar-refractivity contribution in [2.75, 3.05) is 4.90 Å². The molecule has 0 fully saturated rings. The van der Waals surface area contributed by atoms with Crippen molar-refractivity contribution in [1.82, 2.24) is 0 Å². The van der Waals surface area contributed by atoms with Crippen LogP contribution in [0.25, 0.3) is 33.0 Å². The number of hydrogen-bond acceptors (Lipinski definition) is 2. The van der Waals surface area contributed by atoms with E-state index in [0.717, 1.165) is 28.6 Å². The average molecular weight is 626 g/mol. The first-order valence-corrected chi connectivity index (χ1v) is 16.8. The van der Waals surface area contributed by atoms with Gasteiger partial charge in [-0.05, 0) is 105 Å². The minimum Gasteiger partial charge on any atom is -0.457 e. The molecule has 230 valence electrons. The lowest BCUT2D eigenvalue weighted by Gasteiger charge is -2.39. The number of rotatable bonds is 4. The summed E-state index contributed by atoms with van der Waals surface area (Å²) in [7, 11) is 0. The molecule has 1 spiro atoms. The molecule has 1 aliphatic heterocycles. The number of anilines is 3. The van der Waals surface area contributed by atoms with Crippen molar-refractivity contribution >= 4 is 27.8 Å². The van der Waals surface area contributed by atoms with Gasteiger partial charge in [-0.2, -0.15) is 0 Å². The Morgan fingerprint density at radius 3 is 1.55 bits per heavy atom. The fourth-order valence-corrected chi connectivity index (χ4v) is 8.17. The third kappa shape index (κ3) is 4.14. The highest BCUT2D eigenvalue weighted by Gasteiger charge is 2.51. The Hall–Kier alpha value is -6.38. The Labute approximate surface area is 286 Å². The van der Waals surface area contributed by atoms with E-state index in [4.69, 9.17) is 4.74 Å². The van der Waals surface area contributed by atoms with Crippen molar-refractivity contribution in [3.8, 4) is 33.8 Å². The summed E-state index contributed by atoms with van der Waals surface area (Å²) in [5.74, 6) is 1.80. The van der Waals surface area contributed by atoms with Crippen molar-refractivity contribution < 1.29 is 4.74 Å². The second-order valence-electron chi connectivity index (χ2n) is 12.9. The summed E-state index contributed by atoms with van der Waals surface area (Å²) < 4.78 is 6.64. The molecular weight excluding hydrogens is 595 g/mol. The van der Waals surface area contributed by atoms with E-state index in [1.54, 1.807) is 0 Å². The first-order valence-electron chi connectivity index (χ1n) is 16.8. The van der Waals surface area contributed by atoms with E-state index < -0.39 is 5.41 Å². The zero-order chi connectivity index (χ0) is 32.4. The molecule has 0 N–H and O–H groups in total. The van der Waals surface area contributed by atoms with Crippen molar-refractivity contribution in [2.45, 2.75) is 5.41 Å². The summed E-state index contributed by atoms with van der Waals surface area (Å²) in [6, 6.07) is 67.9. The summed E-state index contributed by atoms with van der Waals surface area (Å²) >= 11 is 0. The van der Waals surface area contributed by atoms with Gasteiger partial charge >= 0.3 is 0 Å². The topological polar surface area (TPSA) is 12.5 Å². The summed E-state index contributed by atoms with van der Waals surface area (Å²) in [4.78, 5) is 2.37. The highest BCUT2D eigenvalue weighted by molar-refractivity contribution is 5.98. The molecular formula is C47H31NO. The molecule has 0 unspecified atom stereocenters. The minimum absolute atomic E-state index is 0.560. The molecule has 0 amide bonds. The highest BCUT2D eigenvalue weighted by atomic mass is 16.5. The number of fused-ring (bicyclic) bond motifs is 10. The van der Waals surface area contributed by atoms with Gasteiger partial charge < -0.3 is 9.64 Å². The van der Waals surface area contributed by atoms with Crippen LogP contribution >= 0.6 is 0 Å². The monoisotopic (exact) mass is 625 g/mol. The summed E-state index contributed by atoms with van der Waals surface area (Å²) in [5.41, 5.74) is 12.6. The minimum atomic E-state index is -0.560. The van der Waals surface area contributed by atoms with Crippen molar-refractivity contribution in [3.63, 3.8) is 0 Å². The number of nitrogens with zero attached hydrogens (tertiary/aromatic N) is 1. The fourth-order valence-electron chi connectivity index (χ4n) is 8.17. The molecule has 2 heteroatoms. The van der Waals surface area contributed by atoms with Gasteiger partial charge in [-0.1, -0.05) is 127 Å². The van der Waals surface area contributed by atoms with Gasteiger partial charge in [0.15, 0.2) is 0 Å². The molecule has 1 heterocycles. The predicted octanol–water partition coefficient (Wildman–Crippen LogP) is 12.4. The molecule has 8 aromatic rings. The summed E-state index contributed by atoms with van der Waals surface area (Å²) in [5, 5.41) is 2.48. The standard InChI is InChI=1S/C47H31NO/c1-3-13-32(14-4-1)33-23-25-37(26-24-33)48(36-17-5-2-6-18-36)38-27-28-39-40-29-34-15-7-8-16-35(34)30-43(40)47(44(39)31-38)41-19-9-11-21-45(41)49-46-22-12-10-20-42(46)47/h1-31H. The highest BCUT2D eigenvalue weighted by Crippen LogP contribution is 2.63. The van der Waals surface area contributed by atoms with Crippen LogP contribution in [0, 0.1) is 0 Å². The van der Waals surface area contributed by atoms with Crippen LogP contribution in [0.2, 0.25) is 0 Å².